The molecule has 0 aliphatic rings. The van der Waals surface area contributed by atoms with Crippen molar-refractivity contribution in [3.63, 3.8) is 0 Å². The number of hydrogen-bond donors (Lipinski definition) is 1. The van der Waals surface area contributed by atoms with Gasteiger partial charge in [-0.3, -0.25) is 5.32 Å². The second kappa shape index (κ2) is 7.46. The van der Waals surface area contributed by atoms with Crippen molar-refractivity contribution >= 4 is 33.5 Å². The summed E-state index contributed by atoms with van der Waals surface area (Å²) in [6.45, 7) is 6.66. The fourth-order valence-electron chi connectivity index (χ4n) is 1.65. The van der Waals surface area contributed by atoms with E-state index in [4.69, 9.17) is 20.5 Å². The van der Waals surface area contributed by atoms with Crippen LogP contribution in [0.1, 0.15) is 27.7 Å². The van der Waals surface area contributed by atoms with Crippen LogP contribution in [-0.2, 0) is 14.9 Å². The SMILES string of the molecule is CCS(=O)(=O)Oc1cnn(-c2ncc(NC(=O)OC(C)(C)C)cc2Cl)n1. The standard InChI is InChI=1S/C14H18ClN5O5S/c1-5-26(22,23)25-11-8-17-20(19-11)12-10(15)6-9(7-16-12)18-13(21)24-14(2,3)4/h6-8H,5H2,1-4H3,(H,18,21). The lowest BCUT2D eigenvalue weighted by Gasteiger charge is -2.19. The van der Waals surface area contributed by atoms with Crippen LogP contribution in [0, 0.1) is 0 Å². The van der Waals surface area contributed by atoms with Gasteiger partial charge in [0.1, 0.15) is 11.8 Å². The van der Waals surface area contributed by atoms with Crippen LogP contribution in [0.25, 0.3) is 5.82 Å². The quantitative estimate of drug-likeness (QED) is 0.754. The number of carbonyl (C=O) groups excluding carboxylic acids is 1. The van der Waals surface area contributed by atoms with Gasteiger partial charge in [-0.25, -0.2) is 9.78 Å². The van der Waals surface area contributed by atoms with Crippen molar-refractivity contribution in [2.45, 2.75) is 33.3 Å². The minimum Gasteiger partial charge on any atom is -0.444 e. The summed E-state index contributed by atoms with van der Waals surface area (Å²) in [5, 5.41) is 10.3. The molecule has 2 rings (SSSR count). The molecule has 0 atom stereocenters. The van der Waals surface area contributed by atoms with Crippen LogP contribution in [0.5, 0.6) is 5.88 Å². The maximum atomic E-state index is 11.8. The zero-order chi connectivity index (χ0) is 19.5. The number of carbonyl (C=O) groups is 1. The lowest BCUT2D eigenvalue weighted by atomic mass is 10.2. The van der Waals surface area contributed by atoms with Gasteiger partial charge >= 0.3 is 16.2 Å². The van der Waals surface area contributed by atoms with Crippen LogP contribution in [0.4, 0.5) is 10.5 Å². The number of aromatic nitrogens is 4. The third-order valence-corrected chi connectivity index (χ3v) is 4.10. The molecule has 0 saturated heterocycles. The Morgan fingerprint density at radius 3 is 2.62 bits per heavy atom. The molecule has 2 heterocycles. The lowest BCUT2D eigenvalue weighted by molar-refractivity contribution is 0.0636. The highest BCUT2D eigenvalue weighted by Gasteiger charge is 2.18. The molecule has 2 aromatic heterocycles. The molecular weight excluding hydrogens is 386 g/mol. The molecule has 0 aromatic carbocycles. The number of halogens is 1. The highest BCUT2D eigenvalue weighted by Crippen LogP contribution is 2.22. The molecule has 0 aliphatic carbocycles. The van der Waals surface area contributed by atoms with Crippen LogP contribution < -0.4 is 9.50 Å². The molecule has 0 saturated carbocycles. The Morgan fingerprint density at radius 1 is 1.35 bits per heavy atom. The van der Waals surface area contributed by atoms with Crippen LogP contribution in [-0.4, -0.2) is 45.8 Å². The number of rotatable bonds is 5. The predicted octanol–water partition coefficient (Wildman–Crippen LogP) is 2.39. The molecule has 12 heteroatoms. The summed E-state index contributed by atoms with van der Waals surface area (Å²) < 4.78 is 32.8. The number of anilines is 1. The minimum atomic E-state index is -3.72. The Hall–Kier alpha value is -2.40. The summed E-state index contributed by atoms with van der Waals surface area (Å²) in [5.41, 5.74) is -0.333. The van der Waals surface area contributed by atoms with Crippen LogP contribution in [0.2, 0.25) is 5.02 Å². The molecule has 26 heavy (non-hydrogen) atoms. The van der Waals surface area contributed by atoms with E-state index in [2.05, 4.69) is 20.5 Å². The van der Waals surface area contributed by atoms with Gasteiger partial charge in [0.25, 0.3) is 5.88 Å². The zero-order valence-corrected chi connectivity index (χ0v) is 16.1. The number of pyridine rings is 1. The van der Waals surface area contributed by atoms with Gasteiger partial charge in [0.15, 0.2) is 5.82 Å². The first-order chi connectivity index (χ1) is 12.0. The zero-order valence-electron chi connectivity index (χ0n) is 14.6. The second-order valence-corrected chi connectivity index (χ2v) is 8.32. The molecule has 0 aliphatic heterocycles. The summed E-state index contributed by atoms with van der Waals surface area (Å²) >= 11 is 6.14. The summed E-state index contributed by atoms with van der Waals surface area (Å²) in [7, 11) is -3.72. The monoisotopic (exact) mass is 403 g/mol. The molecule has 0 bridgehead atoms. The molecule has 142 valence electrons. The second-order valence-electron chi connectivity index (χ2n) is 6.06. The average Bonchev–Trinajstić information content (AvgIpc) is 2.92. The van der Waals surface area contributed by atoms with E-state index in [1.807, 2.05) is 0 Å². The van der Waals surface area contributed by atoms with E-state index in [1.54, 1.807) is 20.8 Å². The summed E-state index contributed by atoms with van der Waals surface area (Å²) in [4.78, 5) is 16.8. The highest BCUT2D eigenvalue weighted by atomic mass is 35.5. The Balaban J connectivity index is 2.15. The first-order valence-corrected chi connectivity index (χ1v) is 9.45. The van der Waals surface area contributed by atoms with Gasteiger partial charge in [-0.15, -0.1) is 9.90 Å². The van der Waals surface area contributed by atoms with Crippen LogP contribution >= 0.6 is 11.6 Å². The molecule has 0 spiro atoms. The summed E-state index contributed by atoms with van der Waals surface area (Å²) in [5.74, 6) is -0.282. The number of nitrogens with one attached hydrogen (secondary N) is 1. The van der Waals surface area contributed by atoms with Crippen molar-refractivity contribution in [2.24, 2.45) is 0 Å². The third kappa shape index (κ3) is 5.56. The maximum Gasteiger partial charge on any atom is 0.412 e. The van der Waals surface area contributed by atoms with Gasteiger partial charge in [0.2, 0.25) is 0 Å². The van der Waals surface area contributed by atoms with Crippen molar-refractivity contribution in [3.8, 4) is 11.7 Å². The van der Waals surface area contributed by atoms with Gasteiger partial charge in [-0.2, -0.15) is 13.5 Å². The van der Waals surface area contributed by atoms with Crippen molar-refractivity contribution in [1.82, 2.24) is 20.0 Å². The number of nitrogens with zero attached hydrogens (tertiary/aromatic N) is 4. The highest BCUT2D eigenvalue weighted by molar-refractivity contribution is 7.87. The van der Waals surface area contributed by atoms with Crippen LogP contribution in [0.15, 0.2) is 18.5 Å². The summed E-state index contributed by atoms with van der Waals surface area (Å²) in [6, 6.07) is 1.43. The van der Waals surface area contributed by atoms with E-state index < -0.39 is 21.8 Å². The van der Waals surface area contributed by atoms with Gasteiger partial charge in [-0.1, -0.05) is 11.6 Å². The van der Waals surface area contributed by atoms with Crippen LogP contribution in [0.3, 0.4) is 0 Å². The largest absolute Gasteiger partial charge is 0.444 e. The van der Waals surface area contributed by atoms with E-state index in [1.165, 1.54) is 19.2 Å². The number of amides is 1. The molecule has 0 unspecified atom stereocenters. The summed E-state index contributed by atoms with van der Waals surface area (Å²) in [6.07, 6.45) is 1.80. The number of ether oxygens (including phenoxy) is 1. The Labute approximate surface area is 155 Å². The van der Waals surface area contributed by atoms with Crippen molar-refractivity contribution < 1.29 is 22.1 Å². The van der Waals surface area contributed by atoms with E-state index in [9.17, 15) is 13.2 Å². The molecular formula is C14H18ClN5O5S. The Bertz CT molecular complexity index is 907. The molecule has 1 amide bonds. The predicted molar refractivity (Wildman–Crippen MR) is 94.1 cm³/mol. The molecule has 0 fully saturated rings. The topological polar surface area (TPSA) is 125 Å². The molecule has 0 radical (unpaired) electrons. The minimum absolute atomic E-state index is 0.124. The lowest BCUT2D eigenvalue weighted by Crippen LogP contribution is -2.27. The van der Waals surface area contributed by atoms with Gasteiger partial charge in [0.05, 0.1) is 22.7 Å². The first-order valence-electron chi connectivity index (χ1n) is 7.49. The number of hydrogen-bond acceptors (Lipinski definition) is 8. The van der Waals surface area contributed by atoms with Gasteiger partial charge < -0.3 is 8.92 Å². The van der Waals surface area contributed by atoms with E-state index >= 15 is 0 Å². The molecule has 1 N–H and O–H groups in total. The van der Waals surface area contributed by atoms with Gasteiger partial charge in [-0.05, 0) is 33.8 Å². The van der Waals surface area contributed by atoms with E-state index in [-0.39, 0.29) is 22.5 Å². The first kappa shape index (κ1) is 19.9. The van der Waals surface area contributed by atoms with Crippen molar-refractivity contribution in [3.05, 3.63) is 23.5 Å². The fraction of sp³-hybridized carbons (Fsp3) is 0.429. The maximum absolute atomic E-state index is 11.8. The Morgan fingerprint density at radius 2 is 2.04 bits per heavy atom. The average molecular weight is 404 g/mol. The Kier molecular flexibility index (Phi) is 5.71. The molecule has 10 nitrogen and oxygen atoms in total. The third-order valence-electron chi connectivity index (χ3n) is 2.69. The van der Waals surface area contributed by atoms with Gasteiger partial charge in [0, 0.05) is 0 Å². The smallest absolute Gasteiger partial charge is 0.412 e. The van der Waals surface area contributed by atoms with E-state index in [0.717, 1.165) is 11.0 Å². The molecule has 2 aromatic rings. The van der Waals surface area contributed by atoms with Crippen molar-refractivity contribution in [2.75, 3.05) is 11.1 Å². The van der Waals surface area contributed by atoms with Crippen molar-refractivity contribution in [1.29, 1.82) is 0 Å². The fourth-order valence-corrected chi connectivity index (χ4v) is 2.34. The van der Waals surface area contributed by atoms with E-state index in [0.29, 0.717) is 5.69 Å². The normalized spacial score (nSPS) is 11.9.